The number of hydrogen-bond donors (Lipinski definition) is 1. The maximum Gasteiger partial charge on any atom is 0.309 e. The Morgan fingerprint density at radius 2 is 2.00 bits per heavy atom. The molecule has 92 valence electrons. The summed E-state index contributed by atoms with van der Waals surface area (Å²) in [6.45, 7) is 0.322. The van der Waals surface area contributed by atoms with Crippen LogP contribution in [0.5, 0.6) is 0 Å². The number of carbonyl (C=O) groups is 1. The van der Waals surface area contributed by atoms with E-state index in [9.17, 15) is 13.6 Å². The molecule has 2 atom stereocenters. The van der Waals surface area contributed by atoms with Crippen molar-refractivity contribution in [2.45, 2.75) is 18.9 Å². The highest BCUT2D eigenvalue weighted by atomic mass is 19.1. The van der Waals surface area contributed by atoms with Crippen molar-refractivity contribution in [1.82, 2.24) is 0 Å². The van der Waals surface area contributed by atoms with Gasteiger partial charge in [-0.15, -0.1) is 0 Å². The second kappa shape index (κ2) is 4.79. The molecule has 1 aromatic carbocycles. The van der Waals surface area contributed by atoms with E-state index in [1.807, 2.05) is 0 Å². The molecule has 2 rings (SSSR count). The number of hydrogen-bond acceptors (Lipinski definition) is 2. The lowest BCUT2D eigenvalue weighted by molar-refractivity contribution is -0.152. The van der Waals surface area contributed by atoms with Crippen LogP contribution < -0.4 is 0 Å². The summed E-state index contributed by atoms with van der Waals surface area (Å²) in [5.41, 5.74) is -0.278. The monoisotopic (exact) mass is 242 g/mol. The largest absolute Gasteiger partial charge is 0.481 e. The van der Waals surface area contributed by atoms with Crippen LogP contribution in [-0.4, -0.2) is 17.7 Å². The molecule has 1 aliphatic rings. The van der Waals surface area contributed by atoms with Crippen LogP contribution in [0.3, 0.4) is 0 Å². The fraction of sp³-hybridized carbons (Fsp3) is 0.417. The number of carboxylic acid groups (broad SMARTS) is 1. The average molecular weight is 242 g/mol. The van der Waals surface area contributed by atoms with Gasteiger partial charge in [-0.1, -0.05) is 6.07 Å². The molecule has 0 spiro atoms. The fourth-order valence-electron chi connectivity index (χ4n) is 2.10. The molecule has 0 aliphatic carbocycles. The number of aliphatic carboxylic acids is 1. The van der Waals surface area contributed by atoms with Crippen LogP contribution in [0.4, 0.5) is 8.78 Å². The maximum atomic E-state index is 13.6. The van der Waals surface area contributed by atoms with E-state index in [1.165, 1.54) is 6.07 Å². The lowest BCUT2D eigenvalue weighted by Gasteiger charge is -2.29. The minimum atomic E-state index is -1.09. The molecule has 1 heterocycles. The van der Waals surface area contributed by atoms with Crippen LogP contribution in [0.2, 0.25) is 0 Å². The zero-order valence-corrected chi connectivity index (χ0v) is 9.03. The number of rotatable bonds is 2. The highest BCUT2D eigenvalue weighted by Crippen LogP contribution is 2.36. The fourth-order valence-corrected chi connectivity index (χ4v) is 2.10. The van der Waals surface area contributed by atoms with Gasteiger partial charge in [0.1, 0.15) is 17.7 Å². The van der Waals surface area contributed by atoms with E-state index in [0.717, 1.165) is 12.1 Å². The van der Waals surface area contributed by atoms with Crippen LogP contribution in [0.1, 0.15) is 24.5 Å². The Morgan fingerprint density at radius 1 is 1.35 bits per heavy atom. The smallest absolute Gasteiger partial charge is 0.309 e. The minimum absolute atomic E-state index is 0.278. The standard InChI is InChI=1S/C12H12F2O3/c13-8-4-1-5-9(14)10(8)11-7(12(15)16)3-2-6-17-11/h1,4-5,7,11H,2-3,6H2,(H,15,16). The normalized spacial score (nSPS) is 24.6. The lowest BCUT2D eigenvalue weighted by atomic mass is 9.89. The van der Waals surface area contributed by atoms with Gasteiger partial charge in [-0.3, -0.25) is 4.79 Å². The minimum Gasteiger partial charge on any atom is -0.481 e. The molecule has 0 radical (unpaired) electrons. The summed E-state index contributed by atoms with van der Waals surface area (Å²) < 4.78 is 32.4. The third-order valence-corrected chi connectivity index (χ3v) is 2.92. The van der Waals surface area contributed by atoms with Crippen LogP contribution in [0, 0.1) is 17.6 Å². The van der Waals surface area contributed by atoms with Gasteiger partial charge in [0.25, 0.3) is 0 Å². The second-order valence-corrected chi connectivity index (χ2v) is 4.01. The third-order valence-electron chi connectivity index (χ3n) is 2.92. The summed E-state index contributed by atoms with van der Waals surface area (Å²) in [6, 6.07) is 3.46. The Bertz CT molecular complexity index is 414. The molecule has 0 amide bonds. The van der Waals surface area contributed by atoms with Gasteiger partial charge in [0.15, 0.2) is 0 Å². The van der Waals surface area contributed by atoms with E-state index in [2.05, 4.69) is 0 Å². The lowest BCUT2D eigenvalue weighted by Crippen LogP contribution is -2.30. The first-order valence-electron chi connectivity index (χ1n) is 5.39. The van der Waals surface area contributed by atoms with Crippen molar-refractivity contribution < 1.29 is 23.4 Å². The molecule has 5 heteroatoms. The Balaban J connectivity index is 2.39. The number of carboxylic acids is 1. The molecule has 0 bridgehead atoms. The van der Waals surface area contributed by atoms with Crippen LogP contribution in [0.25, 0.3) is 0 Å². The summed E-state index contributed by atoms with van der Waals surface area (Å²) in [4.78, 5) is 11.0. The van der Waals surface area contributed by atoms with Crippen molar-refractivity contribution in [3.63, 3.8) is 0 Å². The van der Waals surface area contributed by atoms with Crippen molar-refractivity contribution >= 4 is 5.97 Å². The van der Waals surface area contributed by atoms with Crippen molar-refractivity contribution in [2.75, 3.05) is 6.61 Å². The van der Waals surface area contributed by atoms with Crippen LogP contribution in [0.15, 0.2) is 18.2 Å². The topological polar surface area (TPSA) is 46.5 Å². The molecular weight excluding hydrogens is 230 g/mol. The van der Waals surface area contributed by atoms with E-state index in [-0.39, 0.29) is 5.56 Å². The third kappa shape index (κ3) is 2.29. The van der Waals surface area contributed by atoms with Crippen molar-refractivity contribution in [1.29, 1.82) is 0 Å². The average Bonchev–Trinajstić information content (AvgIpc) is 2.29. The maximum absolute atomic E-state index is 13.6. The number of halogens is 2. The Labute approximate surface area is 97.0 Å². The molecule has 1 aliphatic heterocycles. The Morgan fingerprint density at radius 3 is 2.59 bits per heavy atom. The van der Waals surface area contributed by atoms with Gasteiger partial charge >= 0.3 is 5.97 Å². The summed E-state index contributed by atoms with van der Waals surface area (Å²) in [5, 5.41) is 9.03. The summed E-state index contributed by atoms with van der Waals surface area (Å²) in [7, 11) is 0. The van der Waals surface area contributed by atoms with E-state index in [1.54, 1.807) is 0 Å². The molecule has 1 fully saturated rings. The first-order valence-corrected chi connectivity index (χ1v) is 5.39. The molecule has 2 unspecified atom stereocenters. The van der Waals surface area contributed by atoms with E-state index >= 15 is 0 Å². The summed E-state index contributed by atoms with van der Waals surface area (Å²) >= 11 is 0. The van der Waals surface area contributed by atoms with E-state index in [4.69, 9.17) is 9.84 Å². The molecule has 3 nitrogen and oxygen atoms in total. The molecule has 1 saturated heterocycles. The van der Waals surface area contributed by atoms with Gasteiger partial charge in [-0.25, -0.2) is 8.78 Å². The first kappa shape index (κ1) is 12.0. The highest BCUT2D eigenvalue weighted by molar-refractivity contribution is 5.71. The molecule has 0 aromatic heterocycles. The molecular formula is C12H12F2O3. The van der Waals surface area contributed by atoms with Gasteiger partial charge in [-0.2, -0.15) is 0 Å². The second-order valence-electron chi connectivity index (χ2n) is 4.01. The van der Waals surface area contributed by atoms with E-state index in [0.29, 0.717) is 19.4 Å². The van der Waals surface area contributed by atoms with Gasteiger partial charge in [0.05, 0.1) is 11.5 Å². The molecule has 1 aromatic rings. The van der Waals surface area contributed by atoms with Crippen molar-refractivity contribution in [2.24, 2.45) is 5.92 Å². The zero-order chi connectivity index (χ0) is 12.4. The predicted molar refractivity (Wildman–Crippen MR) is 55.4 cm³/mol. The quantitative estimate of drug-likeness (QED) is 0.866. The van der Waals surface area contributed by atoms with Gasteiger partial charge in [-0.05, 0) is 25.0 Å². The van der Waals surface area contributed by atoms with Crippen molar-refractivity contribution in [3.8, 4) is 0 Å². The molecule has 17 heavy (non-hydrogen) atoms. The number of ether oxygens (including phenoxy) is 1. The number of benzene rings is 1. The van der Waals surface area contributed by atoms with Gasteiger partial charge in [0, 0.05) is 6.61 Å². The Hall–Kier alpha value is -1.49. The van der Waals surface area contributed by atoms with Gasteiger partial charge < -0.3 is 9.84 Å². The van der Waals surface area contributed by atoms with Crippen molar-refractivity contribution in [3.05, 3.63) is 35.4 Å². The summed E-state index contributed by atoms with van der Waals surface area (Å²) in [6.07, 6.45) is -0.0837. The van der Waals surface area contributed by atoms with Gasteiger partial charge in [0.2, 0.25) is 0 Å². The zero-order valence-electron chi connectivity index (χ0n) is 9.03. The highest BCUT2D eigenvalue weighted by Gasteiger charge is 2.36. The molecule has 0 saturated carbocycles. The predicted octanol–water partition coefficient (Wildman–Crippen LogP) is 2.52. The van der Waals surface area contributed by atoms with Crippen LogP contribution >= 0.6 is 0 Å². The molecule has 1 N–H and O–H groups in total. The first-order chi connectivity index (χ1) is 8.11. The Kier molecular flexibility index (Phi) is 3.38. The SMILES string of the molecule is O=C(O)C1CCCOC1c1c(F)cccc1F. The summed E-state index contributed by atoms with van der Waals surface area (Å²) in [5.74, 6) is -3.50. The van der Waals surface area contributed by atoms with Crippen LogP contribution in [-0.2, 0) is 9.53 Å². The van der Waals surface area contributed by atoms with E-state index < -0.39 is 29.6 Å².